The summed E-state index contributed by atoms with van der Waals surface area (Å²) in [7, 11) is 0. The van der Waals surface area contributed by atoms with Crippen molar-refractivity contribution in [3.05, 3.63) is 29.8 Å². The zero-order valence-corrected chi connectivity index (χ0v) is 13.4. The van der Waals surface area contributed by atoms with E-state index < -0.39 is 0 Å². The third-order valence-electron chi connectivity index (χ3n) is 3.99. The minimum atomic E-state index is 0.393. The van der Waals surface area contributed by atoms with Crippen molar-refractivity contribution >= 4 is 0 Å². The summed E-state index contributed by atoms with van der Waals surface area (Å²) < 4.78 is 11.5. The third-order valence-corrected chi connectivity index (χ3v) is 3.99. The highest BCUT2D eigenvalue weighted by atomic mass is 16.5. The van der Waals surface area contributed by atoms with Crippen LogP contribution in [0, 0.1) is 0 Å². The van der Waals surface area contributed by atoms with Gasteiger partial charge in [-0.2, -0.15) is 0 Å². The van der Waals surface area contributed by atoms with Crippen LogP contribution >= 0.6 is 0 Å². The van der Waals surface area contributed by atoms with Gasteiger partial charge in [-0.25, -0.2) is 0 Å². The van der Waals surface area contributed by atoms with Gasteiger partial charge in [-0.05, 0) is 56.3 Å². The molecule has 0 spiro atoms. The van der Waals surface area contributed by atoms with Crippen molar-refractivity contribution < 1.29 is 9.47 Å². The molecule has 0 aliphatic carbocycles. The Morgan fingerprint density at radius 3 is 3.00 bits per heavy atom. The molecule has 0 saturated carbocycles. The second-order valence-electron chi connectivity index (χ2n) is 5.74. The molecule has 1 fully saturated rings. The average molecular weight is 291 g/mol. The predicted molar refractivity (Wildman–Crippen MR) is 86.9 cm³/mol. The highest BCUT2D eigenvalue weighted by Gasteiger charge is 2.18. The number of ether oxygens (including phenoxy) is 2. The SMILES string of the molecule is CCCOc1cccc(C(CCC2CCCO2)NCC)c1. The Labute approximate surface area is 129 Å². The molecule has 2 unspecified atom stereocenters. The molecule has 0 amide bonds. The molecular formula is C18H29NO2. The van der Waals surface area contributed by atoms with Gasteiger partial charge >= 0.3 is 0 Å². The summed E-state index contributed by atoms with van der Waals surface area (Å²) in [5.41, 5.74) is 1.32. The Balaban J connectivity index is 1.95. The Hall–Kier alpha value is -1.06. The Kier molecular flexibility index (Phi) is 7.04. The second-order valence-corrected chi connectivity index (χ2v) is 5.74. The van der Waals surface area contributed by atoms with Crippen molar-refractivity contribution in [3.8, 4) is 5.75 Å². The summed E-state index contributed by atoms with van der Waals surface area (Å²) >= 11 is 0. The highest BCUT2D eigenvalue weighted by molar-refractivity contribution is 5.30. The number of hydrogen-bond acceptors (Lipinski definition) is 3. The first kappa shape index (κ1) is 16.3. The average Bonchev–Trinajstić information content (AvgIpc) is 3.03. The Bertz CT molecular complexity index is 402. The van der Waals surface area contributed by atoms with Crippen LogP contribution in [0.3, 0.4) is 0 Å². The van der Waals surface area contributed by atoms with Gasteiger partial charge in [0.15, 0.2) is 0 Å². The molecule has 118 valence electrons. The molecule has 0 radical (unpaired) electrons. The molecule has 21 heavy (non-hydrogen) atoms. The zero-order valence-electron chi connectivity index (χ0n) is 13.4. The molecule has 1 heterocycles. The summed E-state index contributed by atoms with van der Waals surface area (Å²) in [4.78, 5) is 0. The molecule has 2 atom stereocenters. The van der Waals surface area contributed by atoms with Gasteiger partial charge in [0.1, 0.15) is 5.75 Å². The topological polar surface area (TPSA) is 30.5 Å². The van der Waals surface area contributed by atoms with Crippen molar-refractivity contribution in [2.24, 2.45) is 0 Å². The van der Waals surface area contributed by atoms with Gasteiger partial charge in [-0.15, -0.1) is 0 Å². The first-order valence-electron chi connectivity index (χ1n) is 8.41. The van der Waals surface area contributed by atoms with Crippen LogP contribution in [0.4, 0.5) is 0 Å². The first-order valence-corrected chi connectivity index (χ1v) is 8.41. The summed E-state index contributed by atoms with van der Waals surface area (Å²) in [5.74, 6) is 0.981. The standard InChI is InChI=1S/C18H29NO2/c1-3-12-20-17-8-5-7-15(14-17)18(19-4-2)11-10-16-9-6-13-21-16/h5,7-8,14,16,18-19H,3-4,6,9-13H2,1-2H3. The van der Waals surface area contributed by atoms with E-state index in [4.69, 9.17) is 9.47 Å². The maximum absolute atomic E-state index is 5.75. The van der Waals surface area contributed by atoms with Crippen molar-refractivity contribution in [2.75, 3.05) is 19.8 Å². The summed E-state index contributed by atoms with van der Waals surface area (Å²) in [6.07, 6.45) is 6.20. The van der Waals surface area contributed by atoms with E-state index in [1.807, 2.05) is 6.07 Å². The molecular weight excluding hydrogens is 262 g/mol. The van der Waals surface area contributed by atoms with Gasteiger partial charge in [0.05, 0.1) is 12.7 Å². The molecule has 0 aromatic heterocycles. The number of benzene rings is 1. The molecule has 0 bridgehead atoms. The minimum Gasteiger partial charge on any atom is -0.494 e. The fraction of sp³-hybridized carbons (Fsp3) is 0.667. The maximum Gasteiger partial charge on any atom is 0.119 e. The molecule has 1 saturated heterocycles. The number of nitrogens with one attached hydrogen (secondary N) is 1. The molecule has 3 nitrogen and oxygen atoms in total. The van der Waals surface area contributed by atoms with Gasteiger partial charge in [-0.1, -0.05) is 26.0 Å². The number of hydrogen-bond donors (Lipinski definition) is 1. The van der Waals surface area contributed by atoms with E-state index in [9.17, 15) is 0 Å². The molecule has 1 aliphatic heterocycles. The van der Waals surface area contributed by atoms with E-state index >= 15 is 0 Å². The monoisotopic (exact) mass is 291 g/mol. The molecule has 2 rings (SSSR count). The Morgan fingerprint density at radius 1 is 1.38 bits per heavy atom. The van der Waals surface area contributed by atoms with Crippen molar-refractivity contribution in [2.45, 2.75) is 58.1 Å². The van der Waals surface area contributed by atoms with E-state index in [0.717, 1.165) is 44.8 Å². The van der Waals surface area contributed by atoms with Gasteiger partial charge in [0.2, 0.25) is 0 Å². The first-order chi connectivity index (χ1) is 10.3. The van der Waals surface area contributed by atoms with E-state index in [1.54, 1.807) is 0 Å². The van der Waals surface area contributed by atoms with Crippen LogP contribution in [0.1, 0.15) is 57.6 Å². The van der Waals surface area contributed by atoms with Crippen LogP contribution in [0.2, 0.25) is 0 Å². The van der Waals surface area contributed by atoms with Crippen molar-refractivity contribution in [1.29, 1.82) is 0 Å². The van der Waals surface area contributed by atoms with Crippen LogP contribution in [0.5, 0.6) is 5.75 Å². The largest absolute Gasteiger partial charge is 0.494 e. The lowest BCUT2D eigenvalue weighted by Crippen LogP contribution is -2.22. The molecule has 1 aromatic rings. The lowest BCUT2D eigenvalue weighted by atomic mass is 9.99. The van der Waals surface area contributed by atoms with Crippen LogP contribution in [-0.4, -0.2) is 25.9 Å². The van der Waals surface area contributed by atoms with Crippen molar-refractivity contribution in [3.63, 3.8) is 0 Å². The summed E-state index contributed by atoms with van der Waals surface area (Å²) in [6, 6.07) is 8.91. The quantitative estimate of drug-likeness (QED) is 0.743. The highest BCUT2D eigenvalue weighted by Crippen LogP contribution is 2.26. The van der Waals surface area contributed by atoms with Crippen LogP contribution in [-0.2, 0) is 4.74 Å². The van der Waals surface area contributed by atoms with Gasteiger partial charge in [0.25, 0.3) is 0 Å². The number of rotatable bonds is 9. The van der Waals surface area contributed by atoms with Gasteiger partial charge < -0.3 is 14.8 Å². The lowest BCUT2D eigenvalue weighted by Gasteiger charge is -2.21. The molecule has 3 heteroatoms. The molecule has 1 N–H and O–H groups in total. The van der Waals surface area contributed by atoms with Crippen LogP contribution in [0.15, 0.2) is 24.3 Å². The fourth-order valence-electron chi connectivity index (χ4n) is 2.90. The van der Waals surface area contributed by atoms with E-state index in [0.29, 0.717) is 12.1 Å². The zero-order chi connectivity index (χ0) is 14.9. The third kappa shape index (κ3) is 5.33. The van der Waals surface area contributed by atoms with Crippen LogP contribution < -0.4 is 10.1 Å². The van der Waals surface area contributed by atoms with Gasteiger partial charge in [0, 0.05) is 12.6 Å². The van der Waals surface area contributed by atoms with E-state index in [2.05, 4.69) is 37.4 Å². The summed E-state index contributed by atoms with van der Waals surface area (Å²) in [6.45, 7) is 7.00. The fourth-order valence-corrected chi connectivity index (χ4v) is 2.90. The maximum atomic E-state index is 5.75. The minimum absolute atomic E-state index is 0.393. The predicted octanol–water partition coefficient (Wildman–Crippen LogP) is 4.09. The van der Waals surface area contributed by atoms with E-state index in [-0.39, 0.29) is 0 Å². The molecule has 1 aromatic carbocycles. The summed E-state index contributed by atoms with van der Waals surface area (Å²) in [5, 5.41) is 3.60. The Morgan fingerprint density at radius 2 is 2.29 bits per heavy atom. The lowest BCUT2D eigenvalue weighted by molar-refractivity contribution is 0.0996. The van der Waals surface area contributed by atoms with Crippen LogP contribution in [0.25, 0.3) is 0 Å². The second kappa shape index (κ2) is 9.06. The van der Waals surface area contributed by atoms with E-state index in [1.165, 1.54) is 18.4 Å². The molecule has 1 aliphatic rings. The normalized spacial score (nSPS) is 19.6. The smallest absolute Gasteiger partial charge is 0.119 e. The van der Waals surface area contributed by atoms with Crippen molar-refractivity contribution in [1.82, 2.24) is 5.32 Å². The van der Waals surface area contributed by atoms with Gasteiger partial charge in [-0.3, -0.25) is 0 Å².